The first-order chi connectivity index (χ1) is 9.74. The first-order valence-electron chi connectivity index (χ1n) is 7.00. The van der Waals surface area contributed by atoms with Gasteiger partial charge >= 0.3 is 0 Å². The molecule has 0 atom stereocenters. The molecule has 0 unspecified atom stereocenters. The lowest BCUT2D eigenvalue weighted by Crippen LogP contribution is -2.14. The Morgan fingerprint density at radius 3 is 2.90 bits per heavy atom. The summed E-state index contributed by atoms with van der Waals surface area (Å²) in [5.41, 5.74) is 3.50. The van der Waals surface area contributed by atoms with Crippen LogP contribution in [0, 0.1) is 6.92 Å². The molecule has 2 aromatic rings. The normalized spacial score (nSPS) is 10.9. The van der Waals surface area contributed by atoms with E-state index >= 15 is 0 Å². The lowest BCUT2D eigenvalue weighted by atomic mass is 10.1. The van der Waals surface area contributed by atoms with Crippen LogP contribution in [0.2, 0.25) is 0 Å². The summed E-state index contributed by atoms with van der Waals surface area (Å²) >= 11 is 1.76. The highest BCUT2D eigenvalue weighted by atomic mass is 32.1. The van der Waals surface area contributed by atoms with E-state index in [-0.39, 0.29) is 0 Å². The summed E-state index contributed by atoms with van der Waals surface area (Å²) in [6, 6.07) is 8.48. The van der Waals surface area contributed by atoms with Gasteiger partial charge in [-0.3, -0.25) is 0 Å². The zero-order chi connectivity index (χ0) is 14.4. The molecule has 0 aliphatic carbocycles. The summed E-state index contributed by atoms with van der Waals surface area (Å²) in [7, 11) is 1.72. The monoisotopic (exact) mass is 290 g/mol. The molecule has 0 amide bonds. The van der Waals surface area contributed by atoms with Crippen molar-refractivity contribution >= 4 is 11.3 Å². The Kier molecular flexibility index (Phi) is 5.71. The van der Waals surface area contributed by atoms with Gasteiger partial charge in [-0.2, -0.15) is 0 Å². The number of hydrogen-bond acceptors (Lipinski definition) is 4. The molecule has 20 heavy (non-hydrogen) atoms. The molecule has 108 valence electrons. The summed E-state index contributed by atoms with van der Waals surface area (Å²) < 4.78 is 5.26. The number of hydrogen-bond donors (Lipinski definition) is 1. The maximum atomic E-state index is 5.26. The lowest BCUT2D eigenvalue weighted by Gasteiger charge is -2.02. The molecule has 2 rings (SSSR count). The van der Waals surface area contributed by atoms with Crippen LogP contribution in [-0.2, 0) is 17.9 Å². The fourth-order valence-electron chi connectivity index (χ4n) is 2.05. The van der Waals surface area contributed by atoms with Gasteiger partial charge in [0.05, 0.1) is 12.3 Å². The minimum atomic E-state index is 0.575. The molecule has 0 aliphatic heterocycles. The number of thiazole rings is 1. The second kappa shape index (κ2) is 7.53. The van der Waals surface area contributed by atoms with Crippen LogP contribution >= 0.6 is 11.3 Å². The number of nitrogens with one attached hydrogen (secondary N) is 1. The van der Waals surface area contributed by atoms with Gasteiger partial charge in [-0.25, -0.2) is 4.98 Å². The number of ether oxygens (including phenoxy) is 1. The smallest absolute Gasteiger partial charge is 0.124 e. The van der Waals surface area contributed by atoms with Crippen molar-refractivity contribution in [1.29, 1.82) is 0 Å². The van der Waals surface area contributed by atoms with E-state index < -0.39 is 0 Å². The molecule has 0 fully saturated rings. The number of benzene rings is 1. The number of aryl methyl sites for hydroxylation is 1. The van der Waals surface area contributed by atoms with Crippen LogP contribution in [-0.4, -0.2) is 18.6 Å². The molecule has 1 aromatic heterocycles. The van der Waals surface area contributed by atoms with Crippen molar-refractivity contribution < 1.29 is 4.74 Å². The second-order valence-electron chi connectivity index (χ2n) is 4.87. The van der Waals surface area contributed by atoms with Crippen LogP contribution < -0.4 is 5.32 Å². The third-order valence-electron chi connectivity index (χ3n) is 3.04. The number of aromatic nitrogens is 1. The molecule has 1 N–H and O–H groups in total. The zero-order valence-corrected chi connectivity index (χ0v) is 13.2. The van der Waals surface area contributed by atoms with E-state index in [1.54, 1.807) is 18.4 Å². The van der Waals surface area contributed by atoms with Gasteiger partial charge in [0.25, 0.3) is 0 Å². The molecule has 3 nitrogen and oxygen atoms in total. The van der Waals surface area contributed by atoms with Crippen molar-refractivity contribution in [3.05, 3.63) is 40.4 Å². The Hall–Kier alpha value is -1.23. The third kappa shape index (κ3) is 3.88. The highest BCUT2D eigenvalue weighted by molar-refractivity contribution is 7.15. The van der Waals surface area contributed by atoms with Gasteiger partial charge in [-0.05, 0) is 26.0 Å². The molecule has 0 saturated carbocycles. The first-order valence-corrected chi connectivity index (χ1v) is 7.81. The SMILES string of the molecule is CCCNCc1sc(-c2cccc(C)c2)nc1COC. The van der Waals surface area contributed by atoms with Crippen LogP contribution in [0.5, 0.6) is 0 Å². The van der Waals surface area contributed by atoms with Gasteiger partial charge in [0.2, 0.25) is 0 Å². The summed E-state index contributed by atoms with van der Waals surface area (Å²) in [4.78, 5) is 6.02. The molecule has 4 heteroatoms. The van der Waals surface area contributed by atoms with Crippen molar-refractivity contribution in [2.75, 3.05) is 13.7 Å². The Bertz CT molecular complexity index is 551. The Morgan fingerprint density at radius 1 is 1.35 bits per heavy atom. The maximum absolute atomic E-state index is 5.26. The average Bonchev–Trinajstić information content (AvgIpc) is 2.83. The standard InChI is InChI=1S/C16H22N2OS/c1-4-8-17-10-15-14(11-19-3)18-16(20-15)13-7-5-6-12(2)9-13/h5-7,9,17H,4,8,10-11H2,1-3H3. The molecular weight excluding hydrogens is 268 g/mol. The van der Waals surface area contributed by atoms with Gasteiger partial charge in [-0.15, -0.1) is 11.3 Å². The van der Waals surface area contributed by atoms with Crippen LogP contribution in [0.4, 0.5) is 0 Å². The molecule has 0 spiro atoms. The minimum Gasteiger partial charge on any atom is -0.378 e. The van der Waals surface area contributed by atoms with E-state index in [4.69, 9.17) is 9.72 Å². The summed E-state index contributed by atoms with van der Waals surface area (Å²) in [5, 5.41) is 4.52. The second-order valence-corrected chi connectivity index (χ2v) is 5.95. The molecular formula is C16H22N2OS. The van der Waals surface area contributed by atoms with Crippen LogP contribution in [0.25, 0.3) is 10.6 Å². The third-order valence-corrected chi connectivity index (χ3v) is 4.18. The molecule has 0 aliphatic rings. The first kappa shape index (κ1) is 15.2. The largest absolute Gasteiger partial charge is 0.378 e. The van der Waals surface area contributed by atoms with Crippen molar-refractivity contribution in [3.8, 4) is 10.6 Å². The minimum absolute atomic E-state index is 0.575. The summed E-state index contributed by atoms with van der Waals surface area (Å²) in [5.74, 6) is 0. The topological polar surface area (TPSA) is 34.2 Å². The molecule has 0 bridgehead atoms. The van der Waals surface area contributed by atoms with Gasteiger partial charge in [0, 0.05) is 24.1 Å². The number of methoxy groups -OCH3 is 1. The van der Waals surface area contributed by atoms with Crippen molar-refractivity contribution in [3.63, 3.8) is 0 Å². The average molecular weight is 290 g/mol. The van der Waals surface area contributed by atoms with E-state index in [0.29, 0.717) is 6.61 Å². The van der Waals surface area contributed by atoms with Crippen molar-refractivity contribution in [2.24, 2.45) is 0 Å². The highest BCUT2D eigenvalue weighted by Crippen LogP contribution is 2.29. The molecule has 1 aromatic carbocycles. The highest BCUT2D eigenvalue weighted by Gasteiger charge is 2.12. The van der Waals surface area contributed by atoms with E-state index in [0.717, 1.165) is 30.2 Å². The van der Waals surface area contributed by atoms with E-state index in [2.05, 4.69) is 43.4 Å². The van der Waals surface area contributed by atoms with Crippen molar-refractivity contribution in [2.45, 2.75) is 33.4 Å². The van der Waals surface area contributed by atoms with E-state index in [9.17, 15) is 0 Å². The maximum Gasteiger partial charge on any atom is 0.124 e. The molecule has 0 radical (unpaired) electrons. The Labute approximate surface area is 125 Å². The summed E-state index contributed by atoms with van der Waals surface area (Å²) in [6.45, 7) is 6.76. The van der Waals surface area contributed by atoms with Crippen LogP contribution in [0.3, 0.4) is 0 Å². The molecule has 1 heterocycles. The Balaban J connectivity index is 2.23. The fraction of sp³-hybridized carbons (Fsp3) is 0.438. The number of rotatable bonds is 7. The Morgan fingerprint density at radius 2 is 2.20 bits per heavy atom. The van der Waals surface area contributed by atoms with Gasteiger partial charge in [0.1, 0.15) is 5.01 Å². The van der Waals surface area contributed by atoms with Crippen LogP contribution in [0.15, 0.2) is 24.3 Å². The van der Waals surface area contributed by atoms with Crippen molar-refractivity contribution in [1.82, 2.24) is 10.3 Å². The van der Waals surface area contributed by atoms with Gasteiger partial charge in [0.15, 0.2) is 0 Å². The summed E-state index contributed by atoms with van der Waals surface area (Å²) in [6.07, 6.45) is 1.14. The van der Waals surface area contributed by atoms with E-state index in [1.807, 2.05) is 0 Å². The molecule has 0 saturated heterocycles. The lowest BCUT2D eigenvalue weighted by molar-refractivity contribution is 0.181. The quantitative estimate of drug-likeness (QED) is 0.788. The van der Waals surface area contributed by atoms with Crippen LogP contribution in [0.1, 0.15) is 29.5 Å². The van der Waals surface area contributed by atoms with Gasteiger partial charge in [-0.1, -0.05) is 30.7 Å². The van der Waals surface area contributed by atoms with E-state index in [1.165, 1.54) is 16.0 Å². The van der Waals surface area contributed by atoms with Gasteiger partial charge < -0.3 is 10.1 Å². The zero-order valence-electron chi connectivity index (χ0n) is 12.4. The fourth-order valence-corrected chi connectivity index (χ4v) is 3.08. The number of nitrogens with zero attached hydrogens (tertiary/aromatic N) is 1. The predicted molar refractivity (Wildman–Crippen MR) is 85.0 cm³/mol. The predicted octanol–water partition coefficient (Wildman–Crippen LogP) is 3.76.